The molecule has 0 spiro atoms. The lowest BCUT2D eigenvalue weighted by atomic mass is 9.89. The number of nitrogens with one attached hydrogen (secondary N) is 2. The number of fused-ring (bicyclic) bond motifs is 9. The Hall–Kier alpha value is -11.4. The van der Waals surface area contributed by atoms with Gasteiger partial charge in [-0.2, -0.15) is 0 Å². The third-order valence-electron chi connectivity index (χ3n) is 25.0. The fourth-order valence-corrected chi connectivity index (χ4v) is 17.8. The number of piperidine rings is 1. The molecular formula is C99H115ClN12O15. The Balaban J connectivity index is 0.000000164. The number of morpholine rings is 3. The van der Waals surface area contributed by atoms with Gasteiger partial charge in [0.2, 0.25) is 17.3 Å². The summed E-state index contributed by atoms with van der Waals surface area (Å²) in [6.45, 7) is 36.2. The molecule has 7 aromatic carbocycles. The molecule has 27 nitrogen and oxygen atoms in total. The quantitative estimate of drug-likeness (QED) is 0.0134. The first-order valence-corrected chi connectivity index (χ1v) is 44.6. The van der Waals surface area contributed by atoms with E-state index in [-0.39, 0.29) is 58.4 Å². The molecule has 127 heavy (non-hydrogen) atoms. The maximum Gasteiger partial charge on any atom is 0.336 e. The smallest absolute Gasteiger partial charge is 0.336 e. The molecule has 11 aromatic rings. The molecule has 0 radical (unpaired) electrons. The van der Waals surface area contributed by atoms with Crippen LogP contribution in [0.4, 0.5) is 0 Å². The standard InChI is InChI=1S/C37H43ClN4O5.C32H40N4O5.C30H32N4O5/c1-5-40(6-2)20-18-31(39-47-34(43)17-19-38)35(44)26-11-14-28(15-12-26)42-32-10-8-7-9-29(32)30-25-27(13-16-33(30)42)36(45)37(3,4)41-21-23-46-24-22-41;1-5-36-28-8-6-23(30(38)27(34-41-21(2)37)18-22-10-12-33-13-11-22)19-25(28)26-20-24(7-9-29(26)36)31(39)32(3,4)35-14-16-40-17-15-35;1-5-34-25-10-8-20(28(36)27(32-39-19(2)35)24-7-6-12-31-24)17-22(25)23-18-21(9-11-26(23)34)29(37)30(3,4)33-13-15-38-16-14-33/h7-16,25H,5-6,17-24H2,1-4H3;6-9,19-20,22,33H,5,10-18H2,1-4H3;6-12,17-18,31H,5,13-16H2,1-4H3/b39-31+;34-27+;32-27+. The largest absolute Gasteiger partial charge is 0.379 e. The second-order valence-corrected chi connectivity index (χ2v) is 34.2. The predicted octanol–water partition coefficient (Wildman–Crippen LogP) is 15.7. The van der Waals surface area contributed by atoms with E-state index in [1.54, 1.807) is 36.5 Å². The number of carbonyl (C=O) groups excluding carboxylic acids is 9. The number of aromatic nitrogens is 4. The van der Waals surface area contributed by atoms with Gasteiger partial charge in [0.25, 0.3) is 0 Å². The highest BCUT2D eigenvalue weighted by molar-refractivity contribution is 6.51. The fourth-order valence-electron chi connectivity index (χ4n) is 17.6. The number of benzene rings is 7. The highest BCUT2D eigenvalue weighted by Crippen LogP contribution is 2.38. The summed E-state index contributed by atoms with van der Waals surface area (Å²) in [7, 11) is 0. The number of hydrogen-bond acceptors (Lipinski definition) is 23. The lowest BCUT2D eigenvalue weighted by Crippen LogP contribution is -2.54. The van der Waals surface area contributed by atoms with Crippen molar-refractivity contribution in [1.82, 2.24) is 43.6 Å². The van der Waals surface area contributed by atoms with Crippen molar-refractivity contribution >= 4 is 147 Å². The maximum atomic E-state index is 13.8. The number of nitrogens with zero attached hydrogens (tertiary/aromatic N) is 10. The summed E-state index contributed by atoms with van der Waals surface area (Å²) in [4.78, 5) is 144. The number of hydrogen-bond donors (Lipinski definition) is 2. The number of aromatic amines is 1. The van der Waals surface area contributed by atoms with Crippen LogP contribution in [-0.2, 0) is 56.2 Å². The predicted molar refractivity (Wildman–Crippen MR) is 496 cm³/mol. The third kappa shape index (κ3) is 20.8. The Bertz CT molecular complexity index is 6000. The van der Waals surface area contributed by atoms with Gasteiger partial charge in [0.15, 0.2) is 23.1 Å². The van der Waals surface area contributed by atoms with E-state index in [9.17, 15) is 43.2 Å². The van der Waals surface area contributed by atoms with E-state index in [1.165, 1.54) is 13.8 Å². The van der Waals surface area contributed by atoms with Gasteiger partial charge in [-0.3, -0.25) is 43.5 Å². The van der Waals surface area contributed by atoms with Crippen molar-refractivity contribution in [1.29, 1.82) is 0 Å². The summed E-state index contributed by atoms with van der Waals surface area (Å²) in [5, 5.41) is 20.7. The van der Waals surface area contributed by atoms with E-state index in [1.807, 2.05) is 151 Å². The fraction of sp³-hybridized carbons (Fsp3) is 0.414. The minimum atomic E-state index is -0.681. The first-order valence-electron chi connectivity index (χ1n) is 44.0. The zero-order valence-corrected chi connectivity index (χ0v) is 75.5. The van der Waals surface area contributed by atoms with Crippen LogP contribution in [-0.4, -0.2) is 242 Å². The number of carbonyl (C=O) groups is 9. The number of halogens is 1. The molecule has 2 N–H and O–H groups in total. The summed E-state index contributed by atoms with van der Waals surface area (Å²) in [6, 6.07) is 47.6. The average molecular weight is 1750 g/mol. The van der Waals surface area contributed by atoms with Crippen LogP contribution in [0.3, 0.4) is 0 Å². The van der Waals surface area contributed by atoms with E-state index in [0.29, 0.717) is 117 Å². The Kier molecular flexibility index (Phi) is 30.6. The third-order valence-corrected chi connectivity index (χ3v) is 25.2. The Morgan fingerprint density at radius 2 is 0.850 bits per heavy atom. The molecule has 15 rings (SSSR count). The van der Waals surface area contributed by atoms with Gasteiger partial charge in [-0.1, -0.05) is 47.5 Å². The summed E-state index contributed by atoms with van der Waals surface area (Å²) in [6.07, 6.45) is 4.35. The van der Waals surface area contributed by atoms with E-state index >= 15 is 0 Å². The van der Waals surface area contributed by atoms with Crippen molar-refractivity contribution in [3.63, 3.8) is 0 Å². The van der Waals surface area contributed by atoms with Crippen molar-refractivity contribution in [3.8, 4) is 5.69 Å². The van der Waals surface area contributed by atoms with Gasteiger partial charge >= 0.3 is 17.9 Å². The zero-order valence-electron chi connectivity index (χ0n) is 74.7. The van der Waals surface area contributed by atoms with Gasteiger partial charge in [-0.05, 0) is 240 Å². The van der Waals surface area contributed by atoms with Gasteiger partial charge < -0.3 is 57.6 Å². The van der Waals surface area contributed by atoms with Gasteiger partial charge in [-0.15, -0.1) is 11.6 Å². The normalized spacial score (nSPS) is 15.8. The van der Waals surface area contributed by atoms with E-state index in [2.05, 4.69) is 98.9 Å². The van der Waals surface area contributed by atoms with Crippen molar-refractivity contribution < 1.29 is 71.9 Å². The highest BCUT2D eigenvalue weighted by Gasteiger charge is 2.40. The van der Waals surface area contributed by atoms with Crippen LogP contribution in [0, 0.1) is 5.92 Å². The topological polar surface area (TPSA) is 302 Å². The molecule has 8 heterocycles. The molecule has 4 aliphatic rings. The highest BCUT2D eigenvalue weighted by atomic mass is 35.5. The van der Waals surface area contributed by atoms with Crippen LogP contribution in [0.2, 0.25) is 0 Å². The number of rotatable bonds is 31. The summed E-state index contributed by atoms with van der Waals surface area (Å²) in [5.74, 6) is -2.10. The second kappa shape index (κ2) is 41.6. The monoisotopic (exact) mass is 1750 g/mol. The molecule has 0 aliphatic carbocycles. The molecule has 4 fully saturated rings. The van der Waals surface area contributed by atoms with Crippen LogP contribution >= 0.6 is 11.6 Å². The molecule has 668 valence electrons. The first-order chi connectivity index (χ1) is 61.1. The second-order valence-electron chi connectivity index (χ2n) is 33.8. The van der Waals surface area contributed by atoms with Gasteiger partial charge in [-0.25, -0.2) is 14.4 Å². The minimum absolute atomic E-state index is 0.00286. The molecular weight excluding hydrogens is 1630 g/mol. The molecule has 0 amide bonds. The Labute approximate surface area is 744 Å². The molecule has 4 aliphatic heterocycles. The van der Waals surface area contributed by atoms with Crippen molar-refractivity contribution in [2.75, 3.05) is 118 Å². The molecule has 4 saturated heterocycles. The summed E-state index contributed by atoms with van der Waals surface area (Å²) >= 11 is 5.66. The van der Waals surface area contributed by atoms with Crippen molar-refractivity contribution in [2.24, 2.45) is 21.4 Å². The summed E-state index contributed by atoms with van der Waals surface area (Å²) < 4.78 is 23.0. The average Bonchev–Trinajstić information content (AvgIpc) is 1.61. The van der Waals surface area contributed by atoms with E-state index in [0.717, 1.165) is 149 Å². The van der Waals surface area contributed by atoms with Crippen LogP contribution in [0.15, 0.2) is 173 Å². The Morgan fingerprint density at radius 3 is 1.29 bits per heavy atom. The molecule has 0 unspecified atom stereocenters. The van der Waals surface area contributed by atoms with Gasteiger partial charge in [0, 0.05) is 185 Å². The first kappa shape index (κ1) is 93.3. The lowest BCUT2D eigenvalue weighted by molar-refractivity contribution is -0.143. The number of para-hydroxylation sites is 1. The van der Waals surface area contributed by atoms with Crippen LogP contribution in [0.25, 0.3) is 71.1 Å². The lowest BCUT2D eigenvalue weighted by Gasteiger charge is -2.39. The number of H-pyrrole nitrogens is 1. The number of Topliss-reactive ketones (excluding diaryl/α,β-unsaturated/α-hetero) is 6. The number of alkyl halides is 1. The number of oxime groups is 3. The van der Waals surface area contributed by atoms with E-state index in [4.69, 9.17) is 40.3 Å². The molecule has 0 saturated carbocycles. The van der Waals surface area contributed by atoms with Gasteiger partial charge in [0.1, 0.15) is 11.4 Å². The zero-order chi connectivity index (χ0) is 90.4. The number of ether oxygens (including phenoxy) is 3. The van der Waals surface area contributed by atoms with E-state index < -0.39 is 40.3 Å². The van der Waals surface area contributed by atoms with Crippen LogP contribution < -0.4 is 5.32 Å². The van der Waals surface area contributed by atoms with Crippen LogP contribution in [0.1, 0.15) is 183 Å². The molecule has 0 bridgehead atoms. The molecule has 28 heteroatoms. The van der Waals surface area contributed by atoms with Gasteiger partial charge in [0.05, 0.1) is 79.4 Å². The van der Waals surface area contributed by atoms with Crippen molar-refractivity contribution in [3.05, 3.63) is 197 Å². The molecule has 0 atom stereocenters. The van der Waals surface area contributed by atoms with Crippen molar-refractivity contribution in [2.45, 2.75) is 145 Å². The number of ketones is 6. The SMILES string of the molecule is CCN(CC)CC/C(=N\OC(=O)CCCl)C(=O)c1ccc(-n2c3ccccc3c3cc(C(=O)C(C)(C)N4CCOCC4)ccc32)cc1.CCn1c2ccc(C(=O)/C(=N/OC(C)=O)c3ccc[nH]3)cc2c2cc(C(=O)C(C)(C)N3CCOCC3)ccc21.CCn1c2ccc(C(=O)/C(CC3CCNCC3)=N/OC(C)=O)cc2c2cc(C(=O)C(C)(C)N3CCOCC3)ccc21. The van der Waals surface area contributed by atoms with Crippen LogP contribution in [0.5, 0.6) is 0 Å². The maximum absolute atomic E-state index is 13.8. The Morgan fingerprint density at radius 1 is 0.449 bits per heavy atom. The number of aryl methyl sites for hydroxylation is 2. The minimum Gasteiger partial charge on any atom is -0.379 e. The molecule has 4 aromatic heterocycles. The summed E-state index contributed by atoms with van der Waals surface area (Å²) in [5.41, 5.74) is 8.88.